The van der Waals surface area contributed by atoms with Gasteiger partial charge in [0.2, 0.25) is 5.91 Å². The Morgan fingerprint density at radius 3 is 2.30 bits per heavy atom. The number of carbonyl (C=O) groups is 3. The minimum absolute atomic E-state index is 0.0881. The number of carboxylic acids is 1. The van der Waals surface area contributed by atoms with Gasteiger partial charge in [0.05, 0.1) is 6.61 Å². The van der Waals surface area contributed by atoms with Gasteiger partial charge in [-0.05, 0) is 42.0 Å². The molecule has 1 aliphatic heterocycles. The number of hydrogen-bond acceptors (Lipinski definition) is 5. The molecule has 174 valence electrons. The quantitative estimate of drug-likeness (QED) is 0.669. The molecule has 1 fully saturated rings. The smallest absolute Gasteiger partial charge is 0.407 e. The average molecular weight is 453 g/mol. The number of fused-ring (bicyclic) bond motifs is 3. The van der Waals surface area contributed by atoms with Crippen LogP contribution < -0.4 is 5.32 Å². The molecule has 0 bridgehead atoms. The van der Waals surface area contributed by atoms with Gasteiger partial charge in [0, 0.05) is 19.6 Å². The maximum absolute atomic E-state index is 13.1. The summed E-state index contributed by atoms with van der Waals surface area (Å²) in [5.74, 6) is -1.66. The van der Waals surface area contributed by atoms with E-state index in [-0.39, 0.29) is 19.1 Å². The summed E-state index contributed by atoms with van der Waals surface area (Å²) in [7, 11) is 1.42. The maximum Gasteiger partial charge on any atom is 0.407 e. The highest BCUT2D eigenvalue weighted by molar-refractivity contribution is 5.92. The summed E-state index contributed by atoms with van der Waals surface area (Å²) in [4.78, 5) is 38.8. The zero-order valence-corrected chi connectivity index (χ0v) is 18.7. The molecule has 2 atom stereocenters. The number of hydrogen-bond donors (Lipinski definition) is 2. The number of methoxy groups -OCH3 is 1. The highest BCUT2D eigenvalue weighted by Crippen LogP contribution is 2.44. The van der Waals surface area contributed by atoms with Gasteiger partial charge in [0.25, 0.3) is 0 Å². The molecule has 0 aromatic heterocycles. The Balaban J connectivity index is 1.44. The van der Waals surface area contributed by atoms with Crippen molar-refractivity contribution in [3.8, 4) is 11.1 Å². The number of ether oxygens (including phenoxy) is 2. The Bertz CT molecular complexity index is 1020. The molecule has 2 aliphatic rings. The molecule has 4 rings (SSSR count). The summed E-state index contributed by atoms with van der Waals surface area (Å²) in [6.45, 7) is 1.87. The standard InChI is InChI=1S/C25H28N2O6/c1-25(23(29)30)12-7-13-27(25)22(28)21(15-32-2)26-24(31)33-14-20-18-10-5-3-8-16(18)17-9-4-6-11-19(17)20/h3-6,8-11,20-21H,7,12-15H2,1-2H3,(H,26,31)(H,29,30)/t21?,25-/m1/s1. The lowest BCUT2D eigenvalue weighted by Crippen LogP contribution is -2.58. The summed E-state index contributed by atoms with van der Waals surface area (Å²) in [6, 6.07) is 15.0. The van der Waals surface area contributed by atoms with Gasteiger partial charge in [-0.3, -0.25) is 4.79 Å². The third-order valence-electron chi connectivity index (χ3n) is 6.63. The van der Waals surface area contributed by atoms with Crippen LogP contribution in [0.25, 0.3) is 11.1 Å². The van der Waals surface area contributed by atoms with E-state index in [0.29, 0.717) is 19.4 Å². The third-order valence-corrected chi connectivity index (χ3v) is 6.63. The number of rotatable bonds is 7. The van der Waals surface area contributed by atoms with Crippen LogP contribution in [0.5, 0.6) is 0 Å². The van der Waals surface area contributed by atoms with Crippen LogP contribution in [0.1, 0.15) is 36.8 Å². The molecule has 8 heteroatoms. The van der Waals surface area contributed by atoms with Crippen LogP contribution in [0, 0.1) is 0 Å². The van der Waals surface area contributed by atoms with E-state index >= 15 is 0 Å². The minimum atomic E-state index is -1.30. The highest BCUT2D eigenvalue weighted by Gasteiger charge is 2.47. The molecule has 33 heavy (non-hydrogen) atoms. The molecular formula is C25H28N2O6. The van der Waals surface area contributed by atoms with Gasteiger partial charge < -0.3 is 24.8 Å². The highest BCUT2D eigenvalue weighted by atomic mass is 16.5. The van der Waals surface area contributed by atoms with E-state index in [1.54, 1.807) is 0 Å². The van der Waals surface area contributed by atoms with E-state index in [4.69, 9.17) is 9.47 Å². The second kappa shape index (κ2) is 9.23. The number of nitrogens with zero attached hydrogens (tertiary/aromatic N) is 1. The number of nitrogens with one attached hydrogen (secondary N) is 1. The van der Waals surface area contributed by atoms with Crippen LogP contribution in [0.2, 0.25) is 0 Å². The van der Waals surface area contributed by atoms with Gasteiger partial charge in [0.15, 0.2) is 0 Å². The molecule has 2 N–H and O–H groups in total. The molecule has 8 nitrogen and oxygen atoms in total. The number of benzene rings is 2. The number of carbonyl (C=O) groups excluding carboxylic acids is 2. The number of carboxylic acid groups (broad SMARTS) is 1. The summed E-state index contributed by atoms with van der Waals surface area (Å²) < 4.78 is 10.7. The Morgan fingerprint density at radius 2 is 1.73 bits per heavy atom. The van der Waals surface area contributed by atoms with Crippen molar-refractivity contribution in [3.63, 3.8) is 0 Å². The molecular weight excluding hydrogens is 424 g/mol. The Hall–Kier alpha value is -3.39. The van der Waals surface area contributed by atoms with Gasteiger partial charge in [-0.2, -0.15) is 0 Å². The van der Waals surface area contributed by atoms with E-state index in [9.17, 15) is 19.5 Å². The predicted octanol–water partition coefficient (Wildman–Crippen LogP) is 3.01. The van der Waals surface area contributed by atoms with E-state index < -0.39 is 29.6 Å². The lowest BCUT2D eigenvalue weighted by molar-refractivity contribution is -0.156. The fourth-order valence-electron chi connectivity index (χ4n) is 4.85. The molecule has 1 unspecified atom stereocenters. The van der Waals surface area contributed by atoms with Crippen LogP contribution in [-0.4, -0.2) is 66.4 Å². The monoisotopic (exact) mass is 452 g/mol. The average Bonchev–Trinajstić information content (AvgIpc) is 3.36. The SMILES string of the molecule is COCC(NC(=O)OCC1c2ccccc2-c2ccccc21)C(=O)N1CCC[C@]1(C)C(=O)O. The van der Waals surface area contributed by atoms with Crippen molar-refractivity contribution in [2.24, 2.45) is 0 Å². The van der Waals surface area contributed by atoms with Gasteiger partial charge >= 0.3 is 12.1 Å². The van der Waals surface area contributed by atoms with E-state index in [0.717, 1.165) is 22.3 Å². The van der Waals surface area contributed by atoms with Crippen molar-refractivity contribution in [1.29, 1.82) is 0 Å². The van der Waals surface area contributed by atoms with Gasteiger partial charge in [-0.15, -0.1) is 0 Å². The predicted molar refractivity (Wildman–Crippen MR) is 121 cm³/mol. The Kier molecular flexibility index (Phi) is 6.37. The fourth-order valence-corrected chi connectivity index (χ4v) is 4.85. The van der Waals surface area contributed by atoms with Crippen LogP contribution in [0.4, 0.5) is 4.79 Å². The molecule has 0 spiro atoms. The maximum atomic E-state index is 13.1. The topological polar surface area (TPSA) is 105 Å². The molecule has 0 saturated carbocycles. The van der Waals surface area contributed by atoms with E-state index in [2.05, 4.69) is 17.4 Å². The van der Waals surface area contributed by atoms with Crippen LogP contribution in [-0.2, 0) is 19.1 Å². The summed E-state index contributed by atoms with van der Waals surface area (Å²) in [6.07, 6.45) is 0.196. The number of likely N-dealkylation sites (tertiary alicyclic amines) is 1. The molecule has 1 aliphatic carbocycles. The minimum Gasteiger partial charge on any atom is -0.480 e. The number of amides is 2. The molecule has 1 saturated heterocycles. The first-order valence-electron chi connectivity index (χ1n) is 11.0. The molecule has 0 radical (unpaired) electrons. The Morgan fingerprint density at radius 1 is 1.12 bits per heavy atom. The lowest BCUT2D eigenvalue weighted by Gasteiger charge is -2.33. The van der Waals surface area contributed by atoms with Crippen molar-refractivity contribution in [2.75, 3.05) is 26.9 Å². The van der Waals surface area contributed by atoms with Crippen molar-refractivity contribution in [1.82, 2.24) is 10.2 Å². The Labute approximate surface area is 192 Å². The molecule has 2 amide bonds. The largest absolute Gasteiger partial charge is 0.480 e. The van der Waals surface area contributed by atoms with Crippen LogP contribution in [0.15, 0.2) is 48.5 Å². The van der Waals surface area contributed by atoms with Crippen molar-refractivity contribution >= 4 is 18.0 Å². The summed E-state index contributed by atoms with van der Waals surface area (Å²) in [5, 5.41) is 12.2. The third kappa shape index (κ3) is 4.18. The summed E-state index contributed by atoms with van der Waals surface area (Å²) >= 11 is 0. The van der Waals surface area contributed by atoms with E-state index in [1.165, 1.54) is 18.9 Å². The van der Waals surface area contributed by atoms with Gasteiger partial charge in [0.1, 0.15) is 18.2 Å². The molecule has 2 aromatic rings. The molecule has 2 aromatic carbocycles. The van der Waals surface area contributed by atoms with E-state index in [1.807, 2.05) is 36.4 Å². The normalized spacial score (nSPS) is 20.1. The zero-order valence-electron chi connectivity index (χ0n) is 18.7. The first-order valence-corrected chi connectivity index (χ1v) is 11.0. The second-order valence-corrected chi connectivity index (χ2v) is 8.65. The first-order chi connectivity index (χ1) is 15.9. The number of aliphatic carboxylic acids is 1. The summed E-state index contributed by atoms with van der Waals surface area (Å²) in [5.41, 5.74) is 3.12. The first kappa shape index (κ1) is 22.8. The fraction of sp³-hybridized carbons (Fsp3) is 0.400. The van der Waals surface area contributed by atoms with Crippen LogP contribution in [0.3, 0.4) is 0 Å². The zero-order chi connectivity index (χ0) is 23.6. The lowest BCUT2D eigenvalue weighted by atomic mass is 9.98. The number of alkyl carbamates (subject to hydrolysis) is 1. The second-order valence-electron chi connectivity index (χ2n) is 8.65. The van der Waals surface area contributed by atoms with Crippen molar-refractivity contribution < 1.29 is 29.0 Å². The van der Waals surface area contributed by atoms with Crippen molar-refractivity contribution in [2.45, 2.75) is 37.3 Å². The van der Waals surface area contributed by atoms with Crippen molar-refractivity contribution in [3.05, 3.63) is 59.7 Å². The van der Waals surface area contributed by atoms with Gasteiger partial charge in [-0.25, -0.2) is 9.59 Å². The molecule has 1 heterocycles. The van der Waals surface area contributed by atoms with Gasteiger partial charge in [-0.1, -0.05) is 48.5 Å². The van der Waals surface area contributed by atoms with Crippen LogP contribution >= 0.6 is 0 Å².